The molecule has 0 unspecified atom stereocenters. The minimum atomic E-state index is -1.03. The highest BCUT2D eigenvalue weighted by Crippen LogP contribution is 2.09. The highest BCUT2D eigenvalue weighted by molar-refractivity contribution is 5.97. The van der Waals surface area contributed by atoms with Gasteiger partial charge in [-0.3, -0.25) is 4.79 Å². The van der Waals surface area contributed by atoms with Crippen LogP contribution in [-0.2, 0) is 0 Å². The second kappa shape index (κ2) is 6.59. The summed E-state index contributed by atoms with van der Waals surface area (Å²) in [6.45, 7) is 6.69. The van der Waals surface area contributed by atoms with Crippen LogP contribution < -0.4 is 0 Å². The molecular weight excluding hydrogens is 230 g/mol. The van der Waals surface area contributed by atoms with Gasteiger partial charge < -0.3 is 10.0 Å². The van der Waals surface area contributed by atoms with Crippen LogP contribution in [0.3, 0.4) is 0 Å². The molecule has 0 fully saturated rings. The van der Waals surface area contributed by atoms with E-state index in [1.807, 2.05) is 6.92 Å². The molecule has 0 saturated carbocycles. The lowest BCUT2D eigenvalue weighted by atomic mass is 10.1. The molecule has 1 aromatic carbocycles. The summed E-state index contributed by atoms with van der Waals surface area (Å²) in [4.78, 5) is 24.7. The van der Waals surface area contributed by atoms with Crippen molar-refractivity contribution in [1.82, 2.24) is 4.90 Å². The van der Waals surface area contributed by atoms with Gasteiger partial charge in [0.1, 0.15) is 0 Å². The minimum absolute atomic E-state index is 0.121. The molecule has 0 heterocycles. The first-order valence-corrected chi connectivity index (χ1v) is 5.83. The molecule has 0 aromatic heterocycles. The maximum atomic E-state index is 12.2. The van der Waals surface area contributed by atoms with E-state index in [1.54, 1.807) is 23.1 Å². The van der Waals surface area contributed by atoms with Crippen molar-refractivity contribution < 1.29 is 14.7 Å². The van der Waals surface area contributed by atoms with Crippen LogP contribution in [0, 0.1) is 0 Å². The lowest BCUT2D eigenvalue weighted by molar-refractivity contribution is 0.0697. The molecule has 1 N–H and O–H groups in total. The summed E-state index contributed by atoms with van der Waals surface area (Å²) in [6, 6.07) is 6.07. The van der Waals surface area contributed by atoms with Gasteiger partial charge in [0.2, 0.25) is 0 Å². The number of amides is 1. The molecule has 18 heavy (non-hydrogen) atoms. The van der Waals surface area contributed by atoms with Crippen LogP contribution in [0.2, 0.25) is 0 Å². The topological polar surface area (TPSA) is 57.6 Å². The van der Waals surface area contributed by atoms with Crippen LogP contribution in [0.1, 0.15) is 34.1 Å². The van der Waals surface area contributed by atoms with E-state index >= 15 is 0 Å². The van der Waals surface area contributed by atoms with Crippen molar-refractivity contribution in [3.05, 3.63) is 48.0 Å². The Balaban J connectivity index is 2.96. The monoisotopic (exact) mass is 247 g/mol. The number of aromatic carboxylic acids is 1. The Hall–Kier alpha value is -2.10. The van der Waals surface area contributed by atoms with Crippen molar-refractivity contribution in [2.24, 2.45) is 0 Å². The van der Waals surface area contributed by atoms with Crippen molar-refractivity contribution in [2.75, 3.05) is 13.1 Å². The van der Waals surface area contributed by atoms with Crippen LogP contribution in [0.4, 0.5) is 0 Å². The average Bonchev–Trinajstić information content (AvgIpc) is 2.38. The zero-order chi connectivity index (χ0) is 13.5. The third-order valence-corrected chi connectivity index (χ3v) is 2.49. The molecule has 0 bridgehead atoms. The zero-order valence-corrected chi connectivity index (χ0v) is 10.4. The Morgan fingerprint density at radius 2 is 2.06 bits per heavy atom. The highest BCUT2D eigenvalue weighted by atomic mass is 16.4. The molecule has 0 atom stereocenters. The van der Waals surface area contributed by atoms with Crippen LogP contribution in [-0.4, -0.2) is 35.0 Å². The number of rotatable bonds is 6. The third kappa shape index (κ3) is 3.45. The van der Waals surface area contributed by atoms with Gasteiger partial charge in [0.15, 0.2) is 0 Å². The van der Waals surface area contributed by atoms with Crippen molar-refractivity contribution in [3.63, 3.8) is 0 Å². The quantitative estimate of drug-likeness (QED) is 0.785. The Morgan fingerprint density at radius 3 is 2.61 bits per heavy atom. The summed E-state index contributed by atoms with van der Waals surface area (Å²) in [6.07, 6.45) is 2.51. The smallest absolute Gasteiger partial charge is 0.335 e. The standard InChI is InChI=1S/C14H17NO3/c1-3-8-15(9-4-2)13(16)11-6-5-7-12(10-11)14(17)18/h3,5-7,10H,1,4,8-9H2,2H3,(H,17,18). The van der Waals surface area contributed by atoms with Crippen LogP contribution in [0.15, 0.2) is 36.9 Å². The van der Waals surface area contributed by atoms with Crippen molar-refractivity contribution in [1.29, 1.82) is 0 Å². The van der Waals surface area contributed by atoms with Crippen molar-refractivity contribution in [2.45, 2.75) is 13.3 Å². The summed E-state index contributed by atoms with van der Waals surface area (Å²) >= 11 is 0. The normalized spacial score (nSPS) is 9.83. The Morgan fingerprint density at radius 1 is 1.39 bits per heavy atom. The van der Waals surface area contributed by atoms with Crippen molar-refractivity contribution in [3.8, 4) is 0 Å². The zero-order valence-electron chi connectivity index (χ0n) is 10.4. The highest BCUT2D eigenvalue weighted by Gasteiger charge is 2.15. The Labute approximate surface area is 107 Å². The maximum Gasteiger partial charge on any atom is 0.335 e. The second-order valence-corrected chi connectivity index (χ2v) is 3.93. The first kappa shape index (κ1) is 14.0. The SMILES string of the molecule is C=CCN(CCC)C(=O)c1cccc(C(=O)O)c1. The van der Waals surface area contributed by atoms with Gasteiger partial charge in [-0.1, -0.05) is 19.1 Å². The Kier molecular flexibility index (Phi) is 5.11. The van der Waals surface area contributed by atoms with Gasteiger partial charge in [-0.25, -0.2) is 4.79 Å². The molecule has 0 saturated heterocycles. The van der Waals surface area contributed by atoms with Gasteiger partial charge in [-0.05, 0) is 24.6 Å². The van der Waals surface area contributed by atoms with E-state index in [9.17, 15) is 9.59 Å². The molecule has 0 spiro atoms. The predicted octanol–water partition coefficient (Wildman–Crippen LogP) is 2.42. The molecule has 0 aliphatic rings. The van der Waals surface area contributed by atoms with E-state index in [0.29, 0.717) is 18.7 Å². The summed E-state index contributed by atoms with van der Waals surface area (Å²) < 4.78 is 0. The number of carbonyl (C=O) groups is 2. The molecule has 0 radical (unpaired) electrons. The minimum Gasteiger partial charge on any atom is -0.478 e. The molecule has 0 aliphatic heterocycles. The number of carboxylic acids is 1. The average molecular weight is 247 g/mol. The molecule has 4 nitrogen and oxygen atoms in total. The first-order chi connectivity index (χ1) is 8.60. The predicted molar refractivity (Wildman–Crippen MR) is 69.8 cm³/mol. The van der Waals surface area contributed by atoms with E-state index in [0.717, 1.165) is 6.42 Å². The molecule has 1 amide bonds. The fourth-order valence-corrected chi connectivity index (χ4v) is 1.67. The second-order valence-electron chi connectivity index (χ2n) is 3.93. The van der Waals surface area contributed by atoms with E-state index in [2.05, 4.69) is 6.58 Å². The largest absolute Gasteiger partial charge is 0.478 e. The van der Waals surface area contributed by atoms with Gasteiger partial charge in [-0.15, -0.1) is 6.58 Å². The summed E-state index contributed by atoms with van der Waals surface area (Å²) in [5.74, 6) is -1.20. The summed E-state index contributed by atoms with van der Waals surface area (Å²) in [7, 11) is 0. The van der Waals surface area contributed by atoms with E-state index in [4.69, 9.17) is 5.11 Å². The third-order valence-electron chi connectivity index (χ3n) is 2.49. The van der Waals surface area contributed by atoms with Crippen LogP contribution >= 0.6 is 0 Å². The lowest BCUT2D eigenvalue weighted by Crippen LogP contribution is -2.32. The fraction of sp³-hybridized carbons (Fsp3) is 0.286. The molecule has 4 heteroatoms. The number of hydrogen-bond acceptors (Lipinski definition) is 2. The molecule has 1 aromatic rings. The maximum absolute atomic E-state index is 12.2. The molecule has 96 valence electrons. The first-order valence-electron chi connectivity index (χ1n) is 5.83. The van der Waals surface area contributed by atoms with E-state index < -0.39 is 5.97 Å². The number of benzene rings is 1. The number of carbonyl (C=O) groups excluding carboxylic acids is 1. The molecular formula is C14H17NO3. The summed E-state index contributed by atoms with van der Waals surface area (Å²) in [5, 5.41) is 8.90. The van der Waals surface area contributed by atoms with Gasteiger partial charge >= 0.3 is 5.97 Å². The van der Waals surface area contributed by atoms with Crippen LogP contribution in [0.5, 0.6) is 0 Å². The summed E-state index contributed by atoms with van der Waals surface area (Å²) in [5.41, 5.74) is 0.515. The number of nitrogens with zero attached hydrogens (tertiary/aromatic N) is 1. The number of hydrogen-bond donors (Lipinski definition) is 1. The molecule has 0 aliphatic carbocycles. The lowest BCUT2D eigenvalue weighted by Gasteiger charge is -2.20. The van der Waals surface area contributed by atoms with Gasteiger partial charge in [0.05, 0.1) is 5.56 Å². The Bertz CT molecular complexity index is 454. The van der Waals surface area contributed by atoms with Crippen molar-refractivity contribution >= 4 is 11.9 Å². The van der Waals surface area contributed by atoms with Gasteiger partial charge in [0, 0.05) is 18.7 Å². The molecule has 1 rings (SSSR count). The van der Waals surface area contributed by atoms with Crippen LogP contribution in [0.25, 0.3) is 0 Å². The van der Waals surface area contributed by atoms with Gasteiger partial charge in [-0.2, -0.15) is 0 Å². The van der Waals surface area contributed by atoms with Gasteiger partial charge in [0.25, 0.3) is 5.91 Å². The van der Waals surface area contributed by atoms with E-state index in [-0.39, 0.29) is 11.5 Å². The van der Waals surface area contributed by atoms with E-state index in [1.165, 1.54) is 12.1 Å². The number of carboxylic acid groups (broad SMARTS) is 1. The fourth-order valence-electron chi connectivity index (χ4n) is 1.67.